The molecule has 5 nitrogen and oxygen atoms in total. The average molecular weight is 275 g/mol. The van der Waals surface area contributed by atoms with Crippen LogP contribution in [-0.2, 0) is 9.59 Å². The molecule has 0 saturated carbocycles. The van der Waals surface area contributed by atoms with Gasteiger partial charge >= 0.3 is 5.97 Å². The van der Waals surface area contributed by atoms with Gasteiger partial charge in [-0.2, -0.15) is 5.26 Å². The summed E-state index contributed by atoms with van der Waals surface area (Å²) in [7, 11) is 0. The third kappa shape index (κ3) is 3.61. The van der Waals surface area contributed by atoms with Crippen LogP contribution in [0.2, 0.25) is 0 Å². The highest BCUT2D eigenvalue weighted by molar-refractivity contribution is 6.19. The maximum absolute atomic E-state index is 12.3. The molecule has 0 radical (unpaired) electrons. The van der Waals surface area contributed by atoms with Crippen molar-refractivity contribution in [2.45, 2.75) is 39.7 Å². The molecule has 0 aromatic carbocycles. The summed E-state index contributed by atoms with van der Waals surface area (Å²) in [5, 5.41) is 17.8. The molecule has 0 rings (SSSR count). The van der Waals surface area contributed by atoms with Crippen molar-refractivity contribution < 1.29 is 14.7 Å². The van der Waals surface area contributed by atoms with Gasteiger partial charge in [0.1, 0.15) is 5.54 Å². The number of carbonyl (C=O) groups excluding carboxylic acids is 1. The van der Waals surface area contributed by atoms with Crippen LogP contribution in [0.5, 0.6) is 0 Å². The molecule has 0 heterocycles. The fourth-order valence-electron chi connectivity index (χ4n) is 1.33. The first-order valence-corrected chi connectivity index (χ1v) is 6.13. The van der Waals surface area contributed by atoms with Crippen LogP contribution in [0.3, 0.4) is 0 Å². The number of carbonyl (C=O) groups is 2. The van der Waals surface area contributed by atoms with E-state index in [0.29, 0.717) is 0 Å². The molecule has 0 unspecified atom stereocenters. The van der Waals surface area contributed by atoms with Crippen LogP contribution in [0.25, 0.3) is 0 Å². The molecule has 18 heavy (non-hydrogen) atoms. The number of hydrogen-bond acceptors (Lipinski definition) is 3. The number of amides is 1. The van der Waals surface area contributed by atoms with E-state index in [1.54, 1.807) is 13.8 Å². The largest absolute Gasteiger partial charge is 0.480 e. The predicted octanol–water partition coefficient (Wildman–Crippen LogP) is 1.86. The molecular formula is C12H19ClN2O3. The van der Waals surface area contributed by atoms with Crippen molar-refractivity contribution in [1.82, 2.24) is 4.90 Å². The molecule has 0 aromatic heterocycles. The summed E-state index contributed by atoms with van der Waals surface area (Å²) < 4.78 is 0. The number of nitrogens with zero attached hydrogens (tertiary/aromatic N) is 2. The summed E-state index contributed by atoms with van der Waals surface area (Å²) in [5.74, 6) is -1.38. The standard InChI is InChI=1S/C12H19ClN2O3/c1-11(2,8-13)9(16)15(7-5-6-14)12(3,4)10(17)18/h5,7-8H2,1-4H3,(H,17,18). The molecular weight excluding hydrogens is 256 g/mol. The molecule has 0 saturated heterocycles. The van der Waals surface area contributed by atoms with Crippen molar-refractivity contribution in [2.24, 2.45) is 5.41 Å². The number of halogens is 1. The number of rotatable bonds is 6. The zero-order valence-electron chi connectivity index (χ0n) is 11.2. The Hall–Kier alpha value is -1.28. The van der Waals surface area contributed by atoms with Crippen LogP contribution >= 0.6 is 11.6 Å². The second kappa shape index (κ2) is 6.05. The fourth-order valence-corrected chi connectivity index (χ4v) is 1.45. The summed E-state index contributed by atoms with van der Waals surface area (Å²) in [6.45, 7) is 6.26. The SMILES string of the molecule is CC(C)(CCl)C(=O)N(CCC#N)C(C)(C)C(=O)O. The van der Waals surface area contributed by atoms with E-state index in [1.807, 2.05) is 6.07 Å². The third-order valence-electron chi connectivity index (χ3n) is 2.80. The number of aliphatic carboxylic acids is 1. The van der Waals surface area contributed by atoms with Crippen LogP contribution in [0, 0.1) is 16.7 Å². The first-order valence-electron chi connectivity index (χ1n) is 5.59. The Labute approximate surface area is 112 Å². The van der Waals surface area contributed by atoms with Crippen molar-refractivity contribution in [3.63, 3.8) is 0 Å². The van der Waals surface area contributed by atoms with Gasteiger partial charge < -0.3 is 10.0 Å². The number of carboxylic acids is 1. The maximum atomic E-state index is 12.3. The van der Waals surface area contributed by atoms with Gasteiger partial charge in [0.05, 0.1) is 17.9 Å². The lowest BCUT2D eigenvalue weighted by Gasteiger charge is -2.39. The second-order valence-corrected chi connectivity index (χ2v) is 5.51. The van der Waals surface area contributed by atoms with Gasteiger partial charge in [-0.1, -0.05) is 0 Å². The summed E-state index contributed by atoms with van der Waals surface area (Å²) in [6.07, 6.45) is 0.0841. The van der Waals surface area contributed by atoms with Crippen molar-refractivity contribution in [1.29, 1.82) is 5.26 Å². The summed E-state index contributed by atoms with van der Waals surface area (Å²) in [5.41, 5.74) is -2.22. The minimum atomic E-state index is -1.36. The van der Waals surface area contributed by atoms with Crippen molar-refractivity contribution >= 4 is 23.5 Å². The van der Waals surface area contributed by atoms with E-state index in [2.05, 4.69) is 0 Å². The molecule has 0 bridgehead atoms. The van der Waals surface area contributed by atoms with Gasteiger partial charge in [0.2, 0.25) is 5.91 Å². The first kappa shape index (κ1) is 16.7. The lowest BCUT2D eigenvalue weighted by Crippen LogP contribution is -2.57. The minimum Gasteiger partial charge on any atom is -0.480 e. The smallest absolute Gasteiger partial charge is 0.329 e. The van der Waals surface area contributed by atoms with Gasteiger partial charge in [0.25, 0.3) is 0 Å². The highest BCUT2D eigenvalue weighted by atomic mass is 35.5. The lowest BCUT2D eigenvalue weighted by molar-refractivity contribution is -0.160. The van der Waals surface area contributed by atoms with Gasteiger partial charge in [-0.05, 0) is 27.7 Å². The Morgan fingerprint density at radius 3 is 2.17 bits per heavy atom. The van der Waals surface area contributed by atoms with Crippen LogP contribution < -0.4 is 0 Å². The molecule has 0 aliphatic carbocycles. The Morgan fingerprint density at radius 1 is 1.33 bits per heavy atom. The number of alkyl halides is 1. The van der Waals surface area contributed by atoms with Gasteiger partial charge in [0, 0.05) is 12.4 Å². The number of nitriles is 1. The quantitative estimate of drug-likeness (QED) is 0.750. The first-order chi connectivity index (χ1) is 8.11. The molecule has 102 valence electrons. The Balaban J connectivity index is 5.32. The van der Waals surface area contributed by atoms with Gasteiger partial charge in [-0.3, -0.25) is 4.79 Å². The number of hydrogen-bond donors (Lipinski definition) is 1. The monoisotopic (exact) mass is 274 g/mol. The molecule has 0 spiro atoms. The van der Waals surface area contributed by atoms with Crippen LogP contribution in [-0.4, -0.2) is 39.8 Å². The highest BCUT2D eigenvalue weighted by Gasteiger charge is 2.42. The molecule has 0 aliphatic heterocycles. The normalized spacial score (nSPS) is 11.8. The molecule has 1 amide bonds. The van der Waals surface area contributed by atoms with E-state index in [1.165, 1.54) is 18.7 Å². The van der Waals surface area contributed by atoms with Crippen LogP contribution in [0.1, 0.15) is 34.1 Å². The number of carboxylic acid groups (broad SMARTS) is 1. The van der Waals surface area contributed by atoms with E-state index >= 15 is 0 Å². The predicted molar refractivity (Wildman–Crippen MR) is 68.2 cm³/mol. The summed E-state index contributed by atoms with van der Waals surface area (Å²) >= 11 is 5.74. The second-order valence-electron chi connectivity index (χ2n) is 5.25. The summed E-state index contributed by atoms with van der Waals surface area (Å²) in [6, 6.07) is 1.91. The van der Waals surface area contributed by atoms with Gasteiger partial charge in [0.15, 0.2) is 0 Å². The molecule has 0 fully saturated rings. The average Bonchev–Trinajstić information content (AvgIpc) is 2.28. The molecule has 1 N–H and O–H groups in total. The van der Waals surface area contributed by atoms with Crippen molar-refractivity contribution in [3.8, 4) is 6.07 Å². The molecule has 0 atom stereocenters. The van der Waals surface area contributed by atoms with Crippen LogP contribution in [0.4, 0.5) is 0 Å². The highest BCUT2D eigenvalue weighted by Crippen LogP contribution is 2.26. The van der Waals surface area contributed by atoms with E-state index in [-0.39, 0.29) is 24.8 Å². The van der Waals surface area contributed by atoms with Gasteiger partial charge in [-0.25, -0.2) is 4.79 Å². The topological polar surface area (TPSA) is 81.4 Å². The van der Waals surface area contributed by atoms with Crippen molar-refractivity contribution in [3.05, 3.63) is 0 Å². The van der Waals surface area contributed by atoms with Crippen LogP contribution in [0.15, 0.2) is 0 Å². The Kier molecular flexibility index (Phi) is 5.62. The summed E-state index contributed by atoms with van der Waals surface area (Å²) in [4.78, 5) is 24.8. The minimum absolute atomic E-state index is 0.0783. The maximum Gasteiger partial charge on any atom is 0.329 e. The third-order valence-corrected chi connectivity index (χ3v) is 3.47. The molecule has 0 aromatic rings. The van der Waals surface area contributed by atoms with E-state index < -0.39 is 16.9 Å². The van der Waals surface area contributed by atoms with E-state index in [4.69, 9.17) is 16.9 Å². The Bertz CT molecular complexity index is 372. The molecule has 0 aliphatic rings. The Morgan fingerprint density at radius 2 is 1.83 bits per heavy atom. The van der Waals surface area contributed by atoms with Gasteiger partial charge in [-0.15, -0.1) is 11.6 Å². The fraction of sp³-hybridized carbons (Fsp3) is 0.750. The molecule has 6 heteroatoms. The van der Waals surface area contributed by atoms with Crippen molar-refractivity contribution in [2.75, 3.05) is 12.4 Å². The van der Waals surface area contributed by atoms with E-state index in [0.717, 1.165) is 0 Å². The zero-order chi connectivity index (χ0) is 14.6. The van der Waals surface area contributed by atoms with E-state index in [9.17, 15) is 14.7 Å². The lowest BCUT2D eigenvalue weighted by atomic mass is 9.90. The zero-order valence-corrected chi connectivity index (χ0v) is 11.9.